The number of aromatic hydroxyl groups is 1. The summed E-state index contributed by atoms with van der Waals surface area (Å²) in [7, 11) is 0. The monoisotopic (exact) mass is 546 g/mol. The van der Waals surface area contributed by atoms with Gasteiger partial charge in [-0.15, -0.1) is 0 Å². The number of phenolic OH excluding ortho intramolecular Hbond substituents is 1. The van der Waals surface area contributed by atoms with E-state index in [1.807, 2.05) is 0 Å². The van der Waals surface area contributed by atoms with Crippen LogP contribution >= 0.6 is 34.8 Å². The van der Waals surface area contributed by atoms with Gasteiger partial charge in [0, 0.05) is 26.2 Å². The fraction of sp³-hybridized carbons (Fsp3) is 0.0323. The maximum Gasteiger partial charge on any atom is 0.190 e. The van der Waals surface area contributed by atoms with Crippen LogP contribution < -0.4 is 0 Å². The summed E-state index contributed by atoms with van der Waals surface area (Å²) in [5.74, 6) is -0.979. The largest absolute Gasteiger partial charge is 0.507 e. The van der Waals surface area contributed by atoms with Crippen molar-refractivity contribution in [3.05, 3.63) is 134 Å². The van der Waals surface area contributed by atoms with Crippen molar-refractivity contribution in [3.63, 3.8) is 0 Å². The van der Waals surface area contributed by atoms with Crippen LogP contribution in [-0.2, 0) is 0 Å². The van der Waals surface area contributed by atoms with E-state index in [9.17, 15) is 14.7 Å². The van der Waals surface area contributed by atoms with Crippen molar-refractivity contribution in [3.8, 4) is 16.9 Å². The Morgan fingerprint density at radius 2 is 1.05 bits per heavy atom. The fourth-order valence-corrected chi connectivity index (χ4v) is 4.31. The summed E-state index contributed by atoms with van der Waals surface area (Å²) in [4.78, 5) is 26.9. The Bertz CT molecular complexity index is 1420. The first-order valence-corrected chi connectivity index (χ1v) is 12.4. The van der Waals surface area contributed by atoms with Gasteiger partial charge in [-0.3, -0.25) is 9.59 Å². The molecular weight excluding hydrogens is 527 g/mol. The van der Waals surface area contributed by atoms with Gasteiger partial charge in [0.2, 0.25) is 0 Å². The molecule has 0 atom stereocenters. The summed E-state index contributed by atoms with van der Waals surface area (Å²) >= 11 is 18.0. The Labute approximate surface area is 230 Å². The molecule has 0 spiro atoms. The van der Waals surface area contributed by atoms with Gasteiger partial charge in [0.1, 0.15) is 5.75 Å². The Morgan fingerprint density at radius 3 is 1.51 bits per heavy atom. The lowest BCUT2D eigenvalue weighted by Gasteiger charge is -2.17. The zero-order valence-electron chi connectivity index (χ0n) is 19.7. The third-order valence-electron chi connectivity index (χ3n) is 5.72. The summed E-state index contributed by atoms with van der Waals surface area (Å²) in [6.45, 7) is 1.72. The fourth-order valence-electron chi connectivity index (χ4n) is 3.93. The maximum atomic E-state index is 13.5. The normalized spacial score (nSPS) is 11.4. The van der Waals surface area contributed by atoms with Gasteiger partial charge in [-0.05, 0) is 83.8 Å². The van der Waals surface area contributed by atoms with Gasteiger partial charge in [0.15, 0.2) is 11.6 Å². The molecule has 0 aliphatic heterocycles. The van der Waals surface area contributed by atoms with Crippen molar-refractivity contribution < 1.29 is 14.7 Å². The maximum absolute atomic E-state index is 13.5. The predicted octanol–water partition coefficient (Wildman–Crippen LogP) is 9.12. The van der Waals surface area contributed by atoms with E-state index >= 15 is 0 Å². The van der Waals surface area contributed by atoms with Gasteiger partial charge >= 0.3 is 0 Å². The quantitative estimate of drug-likeness (QED) is 0.185. The molecule has 6 heteroatoms. The zero-order chi connectivity index (χ0) is 26.5. The number of ketones is 2. The van der Waals surface area contributed by atoms with Crippen LogP contribution in [0.25, 0.3) is 23.3 Å². The van der Waals surface area contributed by atoms with Crippen molar-refractivity contribution in [1.82, 2.24) is 0 Å². The second kappa shape index (κ2) is 11.6. The molecule has 0 saturated carbocycles. The van der Waals surface area contributed by atoms with Crippen LogP contribution in [0.4, 0.5) is 0 Å². The summed E-state index contributed by atoms with van der Waals surface area (Å²) in [5, 5.41) is 12.6. The molecule has 4 aromatic carbocycles. The summed E-state index contributed by atoms with van der Waals surface area (Å²) in [6.07, 6.45) is 6.12. The zero-order valence-corrected chi connectivity index (χ0v) is 22.0. The van der Waals surface area contributed by atoms with E-state index < -0.39 is 5.78 Å². The van der Waals surface area contributed by atoms with E-state index in [1.165, 1.54) is 18.2 Å². The van der Waals surface area contributed by atoms with E-state index in [0.29, 0.717) is 37.3 Å². The van der Waals surface area contributed by atoms with E-state index in [1.54, 1.807) is 91.9 Å². The van der Waals surface area contributed by atoms with Gasteiger partial charge in [-0.2, -0.15) is 0 Å². The van der Waals surface area contributed by atoms with Crippen molar-refractivity contribution in [1.29, 1.82) is 0 Å². The third-order valence-corrected chi connectivity index (χ3v) is 6.48. The van der Waals surface area contributed by atoms with Gasteiger partial charge in [0.25, 0.3) is 0 Å². The van der Waals surface area contributed by atoms with Gasteiger partial charge in [-0.25, -0.2) is 0 Å². The summed E-state index contributed by atoms with van der Waals surface area (Å²) < 4.78 is 0. The Morgan fingerprint density at radius 1 is 0.649 bits per heavy atom. The van der Waals surface area contributed by atoms with Crippen LogP contribution in [0.5, 0.6) is 5.75 Å². The van der Waals surface area contributed by atoms with E-state index in [2.05, 4.69) is 0 Å². The lowest BCUT2D eigenvalue weighted by atomic mass is 9.86. The van der Waals surface area contributed by atoms with Crippen molar-refractivity contribution in [2.75, 3.05) is 0 Å². The highest BCUT2D eigenvalue weighted by Gasteiger charge is 2.24. The van der Waals surface area contributed by atoms with Crippen molar-refractivity contribution >= 4 is 58.5 Å². The molecule has 0 radical (unpaired) electrons. The molecule has 3 nitrogen and oxygen atoms in total. The molecule has 37 heavy (non-hydrogen) atoms. The molecule has 0 bridgehead atoms. The second-order valence-corrected chi connectivity index (χ2v) is 9.65. The Kier molecular flexibility index (Phi) is 8.30. The number of hydrogen-bond donors (Lipinski definition) is 1. The number of halogens is 3. The van der Waals surface area contributed by atoms with Gasteiger partial charge < -0.3 is 5.11 Å². The molecule has 0 aliphatic rings. The molecular formula is C31H21Cl3O3. The van der Waals surface area contributed by atoms with E-state index in [0.717, 1.165) is 11.1 Å². The minimum absolute atomic E-state index is 0.0291. The average Bonchev–Trinajstić information content (AvgIpc) is 2.88. The molecule has 0 amide bonds. The molecule has 0 unspecified atom stereocenters. The molecule has 0 saturated heterocycles. The molecule has 1 N–H and O–H groups in total. The van der Waals surface area contributed by atoms with Crippen LogP contribution in [0.2, 0.25) is 15.1 Å². The number of benzene rings is 4. The summed E-state index contributed by atoms with van der Waals surface area (Å²) in [6, 6.07) is 22.3. The first-order valence-electron chi connectivity index (χ1n) is 11.3. The highest BCUT2D eigenvalue weighted by Crippen LogP contribution is 2.37. The van der Waals surface area contributed by atoms with Crippen LogP contribution in [0.1, 0.15) is 37.4 Å². The number of phenols is 1. The number of allylic oxidation sites excluding steroid dienone is 2. The smallest absolute Gasteiger partial charge is 0.190 e. The molecule has 0 heterocycles. The van der Waals surface area contributed by atoms with Crippen LogP contribution in [0.3, 0.4) is 0 Å². The molecule has 4 aromatic rings. The molecule has 0 aliphatic carbocycles. The molecule has 4 rings (SSSR count). The third kappa shape index (κ3) is 6.39. The van der Waals surface area contributed by atoms with Crippen LogP contribution in [0, 0.1) is 6.92 Å². The van der Waals surface area contributed by atoms with Crippen LogP contribution in [-0.4, -0.2) is 16.7 Å². The minimum Gasteiger partial charge on any atom is -0.507 e. The molecule has 0 fully saturated rings. The first-order chi connectivity index (χ1) is 17.7. The lowest BCUT2D eigenvalue weighted by molar-refractivity contribution is 0.104. The van der Waals surface area contributed by atoms with E-state index in [-0.39, 0.29) is 17.1 Å². The highest BCUT2D eigenvalue weighted by molar-refractivity contribution is 6.31. The number of hydrogen-bond acceptors (Lipinski definition) is 3. The highest BCUT2D eigenvalue weighted by atomic mass is 35.5. The second-order valence-electron chi connectivity index (χ2n) is 8.34. The van der Waals surface area contributed by atoms with Gasteiger partial charge in [-0.1, -0.05) is 83.4 Å². The van der Waals surface area contributed by atoms with E-state index in [4.69, 9.17) is 34.8 Å². The standard InChI is InChI=1S/C31H21Cl3O3/c1-19-18-28(37)31(27(36)17-7-21-4-12-24(33)13-5-21)30(22-8-14-25(34)15-9-22)29(19)26(35)16-6-20-2-10-23(32)11-3-20/h2-18,37H,1H3/b16-6+,17-7+. The average molecular weight is 548 g/mol. The Balaban J connectivity index is 1.83. The number of carbonyl (C=O) groups is 2. The lowest BCUT2D eigenvalue weighted by Crippen LogP contribution is -2.08. The summed E-state index contributed by atoms with van der Waals surface area (Å²) in [5.41, 5.74) is 3.35. The Hall–Kier alpha value is -3.63. The van der Waals surface area contributed by atoms with Crippen molar-refractivity contribution in [2.24, 2.45) is 0 Å². The molecule has 0 aromatic heterocycles. The van der Waals surface area contributed by atoms with Crippen molar-refractivity contribution in [2.45, 2.75) is 6.92 Å². The molecule has 184 valence electrons. The predicted molar refractivity (Wildman–Crippen MR) is 153 cm³/mol. The first kappa shape index (κ1) is 26.4. The number of carbonyl (C=O) groups excluding carboxylic acids is 2. The van der Waals surface area contributed by atoms with Crippen LogP contribution in [0.15, 0.2) is 91.0 Å². The number of rotatable bonds is 7. The SMILES string of the molecule is Cc1cc(O)c(C(=O)/C=C/c2ccc(Cl)cc2)c(-c2ccc(Cl)cc2)c1C(=O)/C=C/c1ccc(Cl)cc1. The topological polar surface area (TPSA) is 54.4 Å². The minimum atomic E-state index is -0.451. The number of aryl methyl sites for hydroxylation is 1. The van der Waals surface area contributed by atoms with Gasteiger partial charge in [0.05, 0.1) is 5.56 Å².